The van der Waals surface area contributed by atoms with Gasteiger partial charge in [-0.3, -0.25) is 0 Å². The third kappa shape index (κ3) is 3.62. The van der Waals surface area contributed by atoms with Crippen molar-refractivity contribution in [2.24, 2.45) is 5.92 Å². The van der Waals surface area contributed by atoms with E-state index in [4.69, 9.17) is 4.74 Å². The number of thioether (sulfide) groups is 1. The van der Waals surface area contributed by atoms with E-state index in [2.05, 4.69) is 11.4 Å². The molecule has 0 saturated carbocycles. The number of carboxylic acids is 1. The molecular weight excluding hydrogens is 312 g/mol. The summed E-state index contributed by atoms with van der Waals surface area (Å²) in [6, 6.07) is 7.56. The van der Waals surface area contributed by atoms with E-state index >= 15 is 0 Å². The van der Waals surface area contributed by atoms with Crippen LogP contribution in [0.4, 0.5) is 0 Å². The molecule has 1 heterocycles. The number of aliphatic carboxylic acids is 1. The molecule has 23 heavy (non-hydrogen) atoms. The first-order valence-corrected chi connectivity index (χ1v) is 8.17. The topological polar surface area (TPSA) is 82.3 Å². The summed E-state index contributed by atoms with van der Waals surface area (Å²) in [5, 5.41) is 21.8. The molecule has 1 atom stereocenters. The van der Waals surface area contributed by atoms with Crippen molar-refractivity contribution in [1.29, 1.82) is 5.26 Å². The Kier molecular flexibility index (Phi) is 4.90. The number of carboxylic acid groups (broad SMARTS) is 1. The van der Waals surface area contributed by atoms with Crippen molar-refractivity contribution >= 4 is 17.7 Å². The number of carbonyl (C=O) groups is 1. The monoisotopic (exact) mass is 332 g/mol. The van der Waals surface area contributed by atoms with Gasteiger partial charge >= 0.3 is 5.97 Å². The van der Waals surface area contributed by atoms with Crippen molar-refractivity contribution in [2.45, 2.75) is 32.6 Å². The van der Waals surface area contributed by atoms with Crippen LogP contribution in [0, 0.1) is 17.2 Å². The standard InChI is InChI=1S/C17H20N2O3S/c1-10(2)9-22-14-6-5-13(7-12(14)8-18)17(4)19-11(3)15(23-17)16(20)21/h5-7,10,19H,9H2,1-4H3,(H,20,21). The predicted octanol–water partition coefficient (Wildman–Crippen LogP) is 3.42. The zero-order valence-corrected chi connectivity index (χ0v) is 14.5. The minimum absolute atomic E-state index is 0.297. The number of nitrogens with zero attached hydrogens (tertiary/aromatic N) is 1. The molecule has 0 aliphatic carbocycles. The van der Waals surface area contributed by atoms with Crippen molar-refractivity contribution in [2.75, 3.05) is 6.61 Å². The van der Waals surface area contributed by atoms with Crippen LogP contribution in [0.3, 0.4) is 0 Å². The minimum Gasteiger partial charge on any atom is -0.492 e. The maximum absolute atomic E-state index is 11.3. The highest BCUT2D eigenvalue weighted by atomic mass is 32.2. The molecule has 0 spiro atoms. The van der Waals surface area contributed by atoms with Gasteiger partial charge in [0.2, 0.25) is 0 Å². The molecule has 1 aromatic rings. The van der Waals surface area contributed by atoms with E-state index in [-0.39, 0.29) is 0 Å². The first kappa shape index (κ1) is 17.2. The fraction of sp³-hybridized carbons (Fsp3) is 0.412. The van der Waals surface area contributed by atoms with Gasteiger partial charge in [-0.25, -0.2) is 4.79 Å². The third-order valence-corrected chi connectivity index (χ3v) is 4.92. The van der Waals surface area contributed by atoms with Crippen LogP contribution in [-0.2, 0) is 9.67 Å². The van der Waals surface area contributed by atoms with Crippen molar-refractivity contribution < 1.29 is 14.6 Å². The number of nitrogens with one attached hydrogen (secondary N) is 1. The van der Waals surface area contributed by atoms with Gasteiger partial charge in [0.1, 0.15) is 21.6 Å². The van der Waals surface area contributed by atoms with Gasteiger partial charge in [-0.05, 0) is 37.5 Å². The first-order chi connectivity index (χ1) is 10.8. The normalized spacial score (nSPS) is 20.3. The lowest BCUT2D eigenvalue weighted by Crippen LogP contribution is -2.30. The largest absolute Gasteiger partial charge is 0.492 e. The van der Waals surface area contributed by atoms with E-state index in [0.29, 0.717) is 34.4 Å². The number of allylic oxidation sites excluding steroid dienone is 1. The predicted molar refractivity (Wildman–Crippen MR) is 89.9 cm³/mol. The summed E-state index contributed by atoms with van der Waals surface area (Å²) in [6.07, 6.45) is 0. The second-order valence-corrected chi connectivity index (χ2v) is 7.48. The summed E-state index contributed by atoms with van der Waals surface area (Å²) in [5.41, 5.74) is 1.92. The molecule has 0 saturated heterocycles. The molecular formula is C17H20N2O3S. The Morgan fingerprint density at radius 1 is 1.52 bits per heavy atom. The Hall–Kier alpha value is -2.13. The van der Waals surface area contributed by atoms with Gasteiger partial charge in [-0.1, -0.05) is 31.7 Å². The van der Waals surface area contributed by atoms with Gasteiger partial charge in [-0.15, -0.1) is 0 Å². The van der Waals surface area contributed by atoms with Gasteiger partial charge in [-0.2, -0.15) is 5.26 Å². The second-order valence-electron chi connectivity index (χ2n) is 6.05. The SMILES string of the molecule is CC1=C(C(=O)O)SC(C)(c2ccc(OCC(C)C)c(C#N)c2)N1. The zero-order valence-electron chi connectivity index (χ0n) is 13.6. The van der Waals surface area contributed by atoms with Crippen molar-refractivity contribution in [1.82, 2.24) is 5.32 Å². The van der Waals surface area contributed by atoms with Crippen LogP contribution in [0.1, 0.15) is 38.8 Å². The van der Waals surface area contributed by atoms with Crippen LogP contribution < -0.4 is 10.1 Å². The van der Waals surface area contributed by atoms with Gasteiger partial charge in [0.15, 0.2) is 0 Å². The molecule has 5 nitrogen and oxygen atoms in total. The number of benzene rings is 1. The molecule has 0 aromatic heterocycles. The molecule has 0 amide bonds. The van der Waals surface area contributed by atoms with Gasteiger partial charge in [0.05, 0.1) is 12.2 Å². The maximum Gasteiger partial charge on any atom is 0.344 e. The summed E-state index contributed by atoms with van der Waals surface area (Å²) in [7, 11) is 0. The number of rotatable bonds is 5. The van der Waals surface area contributed by atoms with E-state index in [0.717, 1.165) is 5.56 Å². The molecule has 0 bridgehead atoms. The number of nitriles is 1. The Morgan fingerprint density at radius 2 is 2.22 bits per heavy atom. The summed E-state index contributed by atoms with van der Waals surface area (Å²) in [4.78, 5) is 11.0. The van der Waals surface area contributed by atoms with E-state index < -0.39 is 10.8 Å². The zero-order chi connectivity index (χ0) is 17.2. The fourth-order valence-corrected chi connectivity index (χ4v) is 3.50. The fourth-order valence-electron chi connectivity index (χ4n) is 2.35. The summed E-state index contributed by atoms with van der Waals surface area (Å²) < 4.78 is 5.67. The van der Waals surface area contributed by atoms with Crippen LogP contribution in [0.5, 0.6) is 5.75 Å². The van der Waals surface area contributed by atoms with E-state index in [1.165, 1.54) is 11.8 Å². The third-order valence-electron chi connectivity index (χ3n) is 3.49. The van der Waals surface area contributed by atoms with Crippen molar-refractivity contribution in [3.05, 3.63) is 39.9 Å². The molecule has 2 N–H and O–H groups in total. The second kappa shape index (κ2) is 6.55. The van der Waals surface area contributed by atoms with Crippen LogP contribution in [-0.4, -0.2) is 17.7 Å². The lowest BCUT2D eigenvalue weighted by molar-refractivity contribution is -0.131. The number of hydrogen-bond donors (Lipinski definition) is 2. The lowest BCUT2D eigenvalue weighted by atomic mass is 10.0. The quantitative estimate of drug-likeness (QED) is 0.860. The summed E-state index contributed by atoms with van der Waals surface area (Å²) in [5.74, 6) is -0.0171. The average Bonchev–Trinajstić information content (AvgIpc) is 2.81. The molecule has 2 rings (SSSR count). The molecule has 1 aliphatic rings. The first-order valence-electron chi connectivity index (χ1n) is 7.35. The highest BCUT2D eigenvalue weighted by molar-refractivity contribution is 8.05. The van der Waals surface area contributed by atoms with Crippen molar-refractivity contribution in [3.8, 4) is 11.8 Å². The van der Waals surface area contributed by atoms with Gasteiger partial charge in [0, 0.05) is 5.70 Å². The molecule has 1 unspecified atom stereocenters. The Balaban J connectivity index is 2.29. The van der Waals surface area contributed by atoms with Crippen molar-refractivity contribution in [3.63, 3.8) is 0 Å². The van der Waals surface area contributed by atoms with E-state index in [1.807, 2.05) is 26.8 Å². The number of ether oxygens (including phenoxy) is 1. The molecule has 0 radical (unpaired) electrons. The molecule has 6 heteroatoms. The Labute approximate surface area is 140 Å². The molecule has 1 aliphatic heterocycles. The van der Waals surface area contributed by atoms with Crippen LogP contribution in [0.2, 0.25) is 0 Å². The van der Waals surface area contributed by atoms with Crippen LogP contribution in [0.15, 0.2) is 28.8 Å². The highest BCUT2D eigenvalue weighted by Gasteiger charge is 2.38. The average molecular weight is 332 g/mol. The molecule has 0 fully saturated rings. The summed E-state index contributed by atoms with van der Waals surface area (Å²) in [6.45, 7) is 8.28. The van der Waals surface area contributed by atoms with Crippen LogP contribution >= 0.6 is 11.8 Å². The highest BCUT2D eigenvalue weighted by Crippen LogP contribution is 2.46. The lowest BCUT2D eigenvalue weighted by Gasteiger charge is -2.26. The summed E-state index contributed by atoms with van der Waals surface area (Å²) >= 11 is 1.24. The maximum atomic E-state index is 11.3. The molecule has 1 aromatic carbocycles. The Bertz CT molecular complexity index is 706. The van der Waals surface area contributed by atoms with Crippen LogP contribution in [0.25, 0.3) is 0 Å². The van der Waals surface area contributed by atoms with E-state index in [9.17, 15) is 15.2 Å². The van der Waals surface area contributed by atoms with Gasteiger partial charge in [0.25, 0.3) is 0 Å². The minimum atomic E-state index is -0.943. The molecule has 122 valence electrons. The smallest absolute Gasteiger partial charge is 0.344 e. The Morgan fingerprint density at radius 3 is 2.74 bits per heavy atom. The van der Waals surface area contributed by atoms with Gasteiger partial charge < -0.3 is 15.2 Å². The van der Waals surface area contributed by atoms with E-state index in [1.54, 1.807) is 19.1 Å². The number of hydrogen-bond acceptors (Lipinski definition) is 5.